The molecule has 1 aliphatic heterocycles. The molecule has 2 heterocycles. The van der Waals surface area contributed by atoms with E-state index in [0.717, 1.165) is 6.54 Å². The number of likely N-dealkylation sites (N-methyl/N-ethyl adjacent to an activating group) is 1. The minimum absolute atomic E-state index is 0.0485. The summed E-state index contributed by atoms with van der Waals surface area (Å²) in [6, 6.07) is 1.23. The van der Waals surface area contributed by atoms with Crippen LogP contribution < -0.4 is 5.32 Å². The average Bonchev–Trinajstić information content (AvgIpc) is 2.88. The summed E-state index contributed by atoms with van der Waals surface area (Å²) in [4.78, 5) is 26.2. The Hall–Kier alpha value is -1.93. The molecule has 1 aromatic heterocycles. The number of rotatable bonds is 4. The molecule has 1 saturated heterocycles. The van der Waals surface area contributed by atoms with Gasteiger partial charge >= 0.3 is 0 Å². The van der Waals surface area contributed by atoms with Crippen molar-refractivity contribution in [1.82, 2.24) is 15.2 Å². The van der Waals surface area contributed by atoms with Crippen LogP contribution in [0.3, 0.4) is 0 Å². The number of morpholine rings is 1. The zero-order valence-corrected chi connectivity index (χ0v) is 10.6. The van der Waals surface area contributed by atoms with Crippen LogP contribution in [0.5, 0.6) is 0 Å². The number of nitrogens with one attached hydrogen (secondary N) is 2. The first-order valence-corrected chi connectivity index (χ1v) is 5.98. The van der Waals surface area contributed by atoms with Crippen molar-refractivity contribution in [2.24, 2.45) is 0 Å². The van der Waals surface area contributed by atoms with E-state index in [2.05, 4.69) is 10.3 Å². The second kappa shape index (κ2) is 5.81. The molecule has 0 bridgehead atoms. The molecule has 1 unspecified atom stereocenters. The topological polar surface area (TPSA) is 100 Å². The monoisotopic (exact) mass is 268 g/mol. The van der Waals surface area contributed by atoms with Gasteiger partial charge < -0.3 is 19.9 Å². The minimum Gasteiger partial charge on any atom is -0.374 e. The Morgan fingerprint density at radius 2 is 2.47 bits per heavy atom. The van der Waals surface area contributed by atoms with Gasteiger partial charge in [-0.2, -0.15) is 0 Å². The van der Waals surface area contributed by atoms with E-state index in [4.69, 9.17) is 4.74 Å². The highest BCUT2D eigenvalue weighted by Gasteiger charge is 2.21. The normalized spacial score (nSPS) is 19.1. The number of aromatic amines is 1. The predicted octanol–water partition coefficient (Wildman–Crippen LogP) is -0.0167. The Balaban J connectivity index is 1.95. The maximum atomic E-state index is 12.1. The Labute approximate surface area is 109 Å². The molecule has 0 aliphatic carbocycles. The highest BCUT2D eigenvalue weighted by Crippen LogP contribution is 2.13. The molecular formula is C11H16N4O4. The summed E-state index contributed by atoms with van der Waals surface area (Å²) < 4.78 is 5.50. The fraction of sp³-hybridized carbons (Fsp3) is 0.545. The van der Waals surface area contributed by atoms with Gasteiger partial charge in [-0.15, -0.1) is 0 Å². The number of carbonyl (C=O) groups excluding carboxylic acids is 1. The van der Waals surface area contributed by atoms with E-state index < -0.39 is 4.92 Å². The minimum atomic E-state index is -0.540. The first kappa shape index (κ1) is 13.5. The molecule has 1 fully saturated rings. The molecule has 104 valence electrons. The zero-order valence-electron chi connectivity index (χ0n) is 10.6. The highest BCUT2D eigenvalue weighted by atomic mass is 16.6. The van der Waals surface area contributed by atoms with Crippen LogP contribution in [0.4, 0.5) is 5.69 Å². The summed E-state index contributed by atoms with van der Waals surface area (Å²) in [5.41, 5.74) is 0.0882. The second-order valence-electron chi connectivity index (χ2n) is 4.41. The van der Waals surface area contributed by atoms with E-state index >= 15 is 0 Å². The van der Waals surface area contributed by atoms with Gasteiger partial charge in [-0.05, 0) is 0 Å². The van der Waals surface area contributed by atoms with Crippen molar-refractivity contribution < 1.29 is 14.5 Å². The molecular weight excluding hydrogens is 252 g/mol. The van der Waals surface area contributed by atoms with Crippen LogP contribution in [-0.4, -0.2) is 60.1 Å². The summed E-state index contributed by atoms with van der Waals surface area (Å²) in [7, 11) is 1.65. The number of ether oxygens (including phenoxy) is 1. The Bertz CT molecular complexity index is 467. The third kappa shape index (κ3) is 3.30. The molecule has 1 atom stereocenters. The second-order valence-corrected chi connectivity index (χ2v) is 4.41. The first-order chi connectivity index (χ1) is 9.08. The van der Waals surface area contributed by atoms with Gasteiger partial charge in [0, 0.05) is 32.7 Å². The van der Waals surface area contributed by atoms with Crippen LogP contribution in [0, 0.1) is 10.1 Å². The molecule has 19 heavy (non-hydrogen) atoms. The number of carbonyl (C=O) groups is 1. The maximum Gasteiger partial charge on any atom is 0.287 e. The van der Waals surface area contributed by atoms with Crippen LogP contribution in [0.15, 0.2) is 12.3 Å². The first-order valence-electron chi connectivity index (χ1n) is 5.98. The largest absolute Gasteiger partial charge is 0.374 e. The van der Waals surface area contributed by atoms with Crippen molar-refractivity contribution in [3.63, 3.8) is 0 Å². The van der Waals surface area contributed by atoms with Crippen molar-refractivity contribution in [3.05, 3.63) is 28.1 Å². The van der Waals surface area contributed by atoms with Crippen molar-refractivity contribution in [2.45, 2.75) is 6.10 Å². The van der Waals surface area contributed by atoms with E-state index in [0.29, 0.717) is 19.7 Å². The quantitative estimate of drug-likeness (QED) is 0.590. The lowest BCUT2D eigenvalue weighted by molar-refractivity contribution is -0.384. The fourth-order valence-electron chi connectivity index (χ4n) is 1.94. The zero-order chi connectivity index (χ0) is 13.8. The predicted molar refractivity (Wildman–Crippen MR) is 67.0 cm³/mol. The number of nitrogens with zero attached hydrogens (tertiary/aromatic N) is 2. The summed E-state index contributed by atoms with van der Waals surface area (Å²) in [6.07, 6.45) is 1.16. The van der Waals surface area contributed by atoms with Crippen LogP contribution >= 0.6 is 0 Å². The van der Waals surface area contributed by atoms with Gasteiger partial charge in [0.1, 0.15) is 5.69 Å². The SMILES string of the molecule is CN(CC1CNCCO1)C(=O)c1cc([N+](=O)[O-])c[nH]1. The van der Waals surface area contributed by atoms with E-state index in [1.165, 1.54) is 17.2 Å². The molecule has 2 rings (SSSR count). The Morgan fingerprint density at radius 1 is 1.68 bits per heavy atom. The molecule has 1 amide bonds. The Kier molecular flexibility index (Phi) is 4.13. The van der Waals surface area contributed by atoms with Crippen LogP contribution in [-0.2, 0) is 4.74 Å². The van der Waals surface area contributed by atoms with Crippen molar-refractivity contribution in [2.75, 3.05) is 33.3 Å². The molecule has 8 heteroatoms. The fourth-order valence-corrected chi connectivity index (χ4v) is 1.94. The number of amides is 1. The lowest BCUT2D eigenvalue weighted by Gasteiger charge is -2.27. The van der Waals surface area contributed by atoms with Gasteiger partial charge in [0.05, 0.1) is 23.8 Å². The molecule has 1 aromatic rings. The third-order valence-electron chi connectivity index (χ3n) is 2.94. The summed E-state index contributed by atoms with van der Waals surface area (Å²) in [6.45, 7) is 2.58. The van der Waals surface area contributed by atoms with Gasteiger partial charge in [0.2, 0.25) is 0 Å². The van der Waals surface area contributed by atoms with Gasteiger partial charge in [-0.1, -0.05) is 0 Å². The number of hydrogen-bond donors (Lipinski definition) is 2. The Morgan fingerprint density at radius 3 is 3.05 bits per heavy atom. The molecule has 2 N–H and O–H groups in total. The van der Waals surface area contributed by atoms with Gasteiger partial charge in [0.15, 0.2) is 0 Å². The number of aromatic nitrogens is 1. The van der Waals surface area contributed by atoms with Gasteiger partial charge in [0.25, 0.3) is 11.6 Å². The van der Waals surface area contributed by atoms with E-state index in [9.17, 15) is 14.9 Å². The number of H-pyrrole nitrogens is 1. The van der Waals surface area contributed by atoms with Crippen LogP contribution in [0.2, 0.25) is 0 Å². The molecule has 1 aliphatic rings. The van der Waals surface area contributed by atoms with Crippen molar-refractivity contribution in [1.29, 1.82) is 0 Å². The van der Waals surface area contributed by atoms with Crippen molar-refractivity contribution >= 4 is 11.6 Å². The summed E-state index contributed by atoms with van der Waals surface area (Å²) in [5.74, 6) is -0.290. The average molecular weight is 268 g/mol. The lowest BCUT2D eigenvalue weighted by atomic mass is 10.2. The molecule has 0 spiro atoms. The summed E-state index contributed by atoms with van der Waals surface area (Å²) >= 11 is 0. The third-order valence-corrected chi connectivity index (χ3v) is 2.94. The lowest BCUT2D eigenvalue weighted by Crippen LogP contribution is -2.45. The van der Waals surface area contributed by atoms with Crippen LogP contribution in [0.1, 0.15) is 10.5 Å². The van der Waals surface area contributed by atoms with Crippen molar-refractivity contribution in [3.8, 4) is 0 Å². The molecule has 0 saturated carbocycles. The van der Waals surface area contributed by atoms with Gasteiger partial charge in [-0.25, -0.2) is 0 Å². The smallest absolute Gasteiger partial charge is 0.287 e. The van der Waals surface area contributed by atoms with Gasteiger partial charge in [-0.3, -0.25) is 14.9 Å². The standard InChI is InChI=1S/C11H16N4O4/c1-14(7-9-6-12-2-3-19-9)11(16)10-4-8(5-13-10)15(17)18/h4-5,9,12-13H,2-3,6-7H2,1H3. The number of hydrogen-bond acceptors (Lipinski definition) is 5. The number of nitro groups is 1. The van der Waals surface area contributed by atoms with Crippen LogP contribution in [0.25, 0.3) is 0 Å². The molecule has 0 radical (unpaired) electrons. The summed E-state index contributed by atoms with van der Waals surface area (Å²) in [5, 5.41) is 13.7. The molecule has 8 nitrogen and oxygen atoms in total. The van der Waals surface area contributed by atoms with E-state index in [1.807, 2.05) is 0 Å². The molecule has 0 aromatic carbocycles. The van der Waals surface area contributed by atoms with E-state index in [1.54, 1.807) is 7.05 Å². The maximum absolute atomic E-state index is 12.1. The van der Waals surface area contributed by atoms with E-state index in [-0.39, 0.29) is 23.4 Å². The highest BCUT2D eigenvalue weighted by molar-refractivity contribution is 5.93.